The van der Waals surface area contributed by atoms with E-state index in [1.54, 1.807) is 6.08 Å². The summed E-state index contributed by atoms with van der Waals surface area (Å²) in [5.74, 6) is -0.775. The lowest BCUT2D eigenvalue weighted by Gasteiger charge is -2.22. The van der Waals surface area contributed by atoms with Gasteiger partial charge in [0.05, 0.1) is 0 Å². The molecular formula is C10H18N2O3. The van der Waals surface area contributed by atoms with Gasteiger partial charge in [-0.15, -0.1) is 6.58 Å². The number of carboxylic acids is 1. The number of hydrogen-bond acceptors (Lipinski definition) is 2. The van der Waals surface area contributed by atoms with Gasteiger partial charge in [0, 0.05) is 13.1 Å². The van der Waals surface area contributed by atoms with Gasteiger partial charge in [0.15, 0.2) is 0 Å². The minimum atomic E-state index is -1.01. The lowest BCUT2D eigenvalue weighted by atomic mass is 10.2. The molecule has 0 heterocycles. The topological polar surface area (TPSA) is 69.6 Å². The molecule has 2 amide bonds. The number of carbonyl (C=O) groups excluding carboxylic acids is 1. The van der Waals surface area contributed by atoms with Crippen molar-refractivity contribution in [2.75, 3.05) is 19.6 Å². The van der Waals surface area contributed by atoms with E-state index in [0.29, 0.717) is 13.1 Å². The van der Waals surface area contributed by atoms with Crippen LogP contribution in [0.25, 0.3) is 0 Å². The molecule has 0 rings (SSSR count). The van der Waals surface area contributed by atoms with E-state index < -0.39 is 5.97 Å². The van der Waals surface area contributed by atoms with Crippen molar-refractivity contribution in [2.24, 2.45) is 5.92 Å². The van der Waals surface area contributed by atoms with Gasteiger partial charge in [0.25, 0.3) is 0 Å². The van der Waals surface area contributed by atoms with Crippen molar-refractivity contribution in [3.05, 3.63) is 12.7 Å². The van der Waals surface area contributed by atoms with Gasteiger partial charge in [0.1, 0.15) is 6.54 Å². The summed E-state index contributed by atoms with van der Waals surface area (Å²) in [4.78, 5) is 23.3. The summed E-state index contributed by atoms with van der Waals surface area (Å²) >= 11 is 0. The first-order chi connectivity index (χ1) is 6.97. The van der Waals surface area contributed by atoms with Crippen LogP contribution in [0.15, 0.2) is 12.7 Å². The molecule has 0 saturated carbocycles. The van der Waals surface area contributed by atoms with Gasteiger partial charge in [-0.2, -0.15) is 0 Å². The van der Waals surface area contributed by atoms with Gasteiger partial charge in [-0.05, 0) is 5.92 Å². The smallest absolute Gasteiger partial charge is 0.323 e. The Morgan fingerprint density at radius 2 is 2.13 bits per heavy atom. The van der Waals surface area contributed by atoms with Gasteiger partial charge >= 0.3 is 12.0 Å². The van der Waals surface area contributed by atoms with Crippen molar-refractivity contribution in [1.29, 1.82) is 0 Å². The molecule has 0 radical (unpaired) electrons. The Bertz CT molecular complexity index is 239. The van der Waals surface area contributed by atoms with Crippen molar-refractivity contribution in [2.45, 2.75) is 13.8 Å². The monoisotopic (exact) mass is 214 g/mol. The van der Waals surface area contributed by atoms with Crippen LogP contribution in [0.2, 0.25) is 0 Å². The molecule has 15 heavy (non-hydrogen) atoms. The van der Waals surface area contributed by atoms with Crippen molar-refractivity contribution in [1.82, 2.24) is 10.2 Å². The largest absolute Gasteiger partial charge is 0.480 e. The number of urea groups is 1. The molecule has 0 aromatic heterocycles. The molecule has 5 heteroatoms. The minimum absolute atomic E-state index is 0.235. The molecule has 0 atom stereocenters. The van der Waals surface area contributed by atoms with Crippen LogP contribution in [-0.2, 0) is 4.79 Å². The Morgan fingerprint density at radius 3 is 2.53 bits per heavy atom. The quantitative estimate of drug-likeness (QED) is 0.646. The lowest BCUT2D eigenvalue weighted by Crippen LogP contribution is -2.44. The predicted molar refractivity (Wildman–Crippen MR) is 57.6 cm³/mol. The molecule has 5 nitrogen and oxygen atoms in total. The number of carbonyl (C=O) groups is 2. The molecule has 0 saturated heterocycles. The Balaban J connectivity index is 4.26. The van der Waals surface area contributed by atoms with Crippen molar-refractivity contribution >= 4 is 12.0 Å². The molecule has 0 bridgehead atoms. The van der Waals surface area contributed by atoms with Gasteiger partial charge in [-0.25, -0.2) is 4.79 Å². The highest BCUT2D eigenvalue weighted by Crippen LogP contribution is 1.98. The van der Waals surface area contributed by atoms with E-state index in [9.17, 15) is 9.59 Å². The van der Waals surface area contributed by atoms with Gasteiger partial charge < -0.3 is 15.3 Å². The van der Waals surface area contributed by atoms with E-state index in [-0.39, 0.29) is 18.5 Å². The van der Waals surface area contributed by atoms with E-state index in [2.05, 4.69) is 11.9 Å². The van der Waals surface area contributed by atoms with Crippen LogP contribution in [-0.4, -0.2) is 41.6 Å². The Morgan fingerprint density at radius 1 is 1.53 bits per heavy atom. The molecule has 2 N–H and O–H groups in total. The zero-order valence-corrected chi connectivity index (χ0v) is 9.19. The summed E-state index contributed by atoms with van der Waals surface area (Å²) in [5.41, 5.74) is 0. The van der Waals surface area contributed by atoms with Crippen molar-refractivity contribution < 1.29 is 14.7 Å². The average molecular weight is 214 g/mol. The molecule has 0 aliphatic carbocycles. The van der Waals surface area contributed by atoms with Crippen LogP contribution in [0.3, 0.4) is 0 Å². The number of hydrogen-bond donors (Lipinski definition) is 2. The number of carboxylic acid groups (broad SMARTS) is 1. The number of nitrogens with zero attached hydrogens (tertiary/aromatic N) is 1. The van der Waals surface area contributed by atoms with E-state index in [1.165, 1.54) is 4.90 Å². The number of rotatable bonds is 6. The second kappa shape index (κ2) is 6.86. The van der Waals surface area contributed by atoms with Crippen LogP contribution in [0.4, 0.5) is 4.79 Å². The SMILES string of the molecule is C=CCNC(=O)N(CC(=O)O)CC(C)C. The summed E-state index contributed by atoms with van der Waals surface area (Å²) in [5, 5.41) is 11.2. The Labute approximate surface area is 89.8 Å². The highest BCUT2D eigenvalue weighted by atomic mass is 16.4. The van der Waals surface area contributed by atoms with Gasteiger partial charge in [-0.1, -0.05) is 19.9 Å². The second-order valence-corrected chi connectivity index (χ2v) is 3.64. The molecule has 0 aromatic rings. The van der Waals surface area contributed by atoms with Gasteiger partial charge in [-0.3, -0.25) is 4.79 Å². The Hall–Kier alpha value is -1.52. The molecule has 0 aliphatic heterocycles. The third kappa shape index (κ3) is 6.54. The molecule has 0 aliphatic rings. The maximum absolute atomic E-state index is 11.5. The van der Waals surface area contributed by atoms with E-state index in [1.807, 2.05) is 13.8 Å². The van der Waals surface area contributed by atoms with Crippen LogP contribution in [0, 0.1) is 5.92 Å². The van der Waals surface area contributed by atoms with Gasteiger partial charge in [0.2, 0.25) is 0 Å². The fourth-order valence-electron chi connectivity index (χ4n) is 1.09. The number of amides is 2. The molecule has 0 spiro atoms. The Kier molecular flexibility index (Phi) is 6.17. The zero-order chi connectivity index (χ0) is 11.8. The molecule has 0 aromatic carbocycles. The summed E-state index contributed by atoms with van der Waals surface area (Å²) in [6, 6.07) is -0.369. The first-order valence-corrected chi connectivity index (χ1v) is 4.82. The second-order valence-electron chi connectivity index (χ2n) is 3.64. The molecular weight excluding hydrogens is 196 g/mol. The van der Waals surface area contributed by atoms with E-state index >= 15 is 0 Å². The summed E-state index contributed by atoms with van der Waals surface area (Å²) in [7, 11) is 0. The summed E-state index contributed by atoms with van der Waals surface area (Å²) in [6.45, 7) is 7.81. The highest BCUT2D eigenvalue weighted by Gasteiger charge is 2.16. The number of aliphatic carboxylic acids is 1. The highest BCUT2D eigenvalue weighted by molar-refractivity contribution is 5.80. The minimum Gasteiger partial charge on any atom is -0.480 e. The maximum Gasteiger partial charge on any atom is 0.323 e. The predicted octanol–water partition coefficient (Wildman–Crippen LogP) is 0.925. The standard InChI is InChI=1S/C10H18N2O3/c1-4-5-11-10(15)12(6-8(2)3)7-9(13)14/h4,8H,1,5-7H2,2-3H3,(H,11,15)(H,13,14). The summed E-state index contributed by atoms with van der Waals surface area (Å²) in [6.07, 6.45) is 1.55. The fraction of sp³-hybridized carbons (Fsp3) is 0.600. The van der Waals surface area contributed by atoms with E-state index in [4.69, 9.17) is 5.11 Å². The van der Waals surface area contributed by atoms with Crippen LogP contribution >= 0.6 is 0 Å². The maximum atomic E-state index is 11.5. The third-order valence-corrected chi connectivity index (χ3v) is 1.60. The first-order valence-electron chi connectivity index (χ1n) is 4.82. The van der Waals surface area contributed by atoms with E-state index in [0.717, 1.165) is 0 Å². The van der Waals surface area contributed by atoms with Crippen molar-refractivity contribution in [3.8, 4) is 0 Å². The average Bonchev–Trinajstić information content (AvgIpc) is 2.11. The summed E-state index contributed by atoms with van der Waals surface area (Å²) < 4.78 is 0. The van der Waals surface area contributed by atoms with Crippen LogP contribution in [0.1, 0.15) is 13.8 Å². The van der Waals surface area contributed by atoms with Crippen LogP contribution in [0.5, 0.6) is 0 Å². The number of nitrogens with one attached hydrogen (secondary N) is 1. The van der Waals surface area contributed by atoms with Crippen molar-refractivity contribution in [3.63, 3.8) is 0 Å². The molecule has 0 unspecified atom stereocenters. The first kappa shape index (κ1) is 13.5. The normalized spacial score (nSPS) is 9.80. The fourth-order valence-corrected chi connectivity index (χ4v) is 1.09. The molecule has 86 valence electrons. The third-order valence-electron chi connectivity index (χ3n) is 1.60. The zero-order valence-electron chi connectivity index (χ0n) is 9.19. The van der Waals surface area contributed by atoms with Crippen LogP contribution < -0.4 is 5.32 Å². The lowest BCUT2D eigenvalue weighted by molar-refractivity contribution is -0.137. The molecule has 0 fully saturated rings.